The number of aryl methyl sites for hydroxylation is 1. The molecule has 0 atom stereocenters. The first kappa shape index (κ1) is 16.0. The van der Waals surface area contributed by atoms with Gasteiger partial charge in [-0.15, -0.1) is 0 Å². The zero-order valence-corrected chi connectivity index (χ0v) is 12.6. The van der Waals surface area contributed by atoms with E-state index >= 15 is 0 Å². The van der Waals surface area contributed by atoms with Crippen molar-refractivity contribution in [3.8, 4) is 5.75 Å². The summed E-state index contributed by atoms with van der Waals surface area (Å²) >= 11 is 0. The largest absolute Gasteiger partial charge is 0.491 e. The molecule has 2 aromatic rings. The Morgan fingerprint density at radius 3 is 2.77 bits per heavy atom. The Morgan fingerprint density at radius 1 is 1.18 bits per heavy atom. The summed E-state index contributed by atoms with van der Waals surface area (Å²) in [5.74, 6) is 0.382. The predicted molar refractivity (Wildman–Crippen MR) is 84.4 cm³/mol. The maximum atomic E-state index is 13.0. The van der Waals surface area contributed by atoms with Crippen molar-refractivity contribution in [1.29, 1.82) is 0 Å². The molecular formula is C18H20FNO2. The van der Waals surface area contributed by atoms with Crippen molar-refractivity contribution in [2.24, 2.45) is 0 Å². The molecule has 0 unspecified atom stereocenters. The molecule has 0 saturated heterocycles. The number of benzene rings is 2. The van der Waals surface area contributed by atoms with E-state index in [1.807, 2.05) is 24.3 Å². The molecule has 1 N–H and O–H groups in total. The fraction of sp³-hybridized carbons (Fsp3) is 0.278. The summed E-state index contributed by atoms with van der Waals surface area (Å²) < 4.78 is 18.7. The molecule has 0 fully saturated rings. The lowest BCUT2D eigenvalue weighted by atomic mass is 10.1. The van der Waals surface area contributed by atoms with Crippen molar-refractivity contribution < 1.29 is 13.9 Å². The highest BCUT2D eigenvalue weighted by Gasteiger charge is 2.04. The third kappa shape index (κ3) is 4.88. The van der Waals surface area contributed by atoms with Crippen LogP contribution in [0.15, 0.2) is 48.5 Å². The second-order valence-electron chi connectivity index (χ2n) is 4.97. The summed E-state index contributed by atoms with van der Waals surface area (Å²) in [5, 5.41) is 2.77. The molecular weight excluding hydrogens is 281 g/mol. The number of nitrogens with one attached hydrogen (secondary N) is 1. The number of halogens is 1. The van der Waals surface area contributed by atoms with E-state index in [1.165, 1.54) is 12.1 Å². The minimum Gasteiger partial charge on any atom is -0.491 e. The van der Waals surface area contributed by atoms with Gasteiger partial charge in [-0.05, 0) is 35.7 Å². The molecule has 116 valence electrons. The standard InChI is InChI=1S/C18H20FNO2/c1-2-15-7-3-4-9-17(15)22-11-10-20-18(21)13-14-6-5-8-16(19)12-14/h3-9,12H,2,10-11,13H2,1H3,(H,20,21). The Hall–Kier alpha value is -2.36. The van der Waals surface area contributed by atoms with Crippen LogP contribution in [-0.4, -0.2) is 19.1 Å². The van der Waals surface area contributed by atoms with Crippen LogP contribution in [0, 0.1) is 5.82 Å². The zero-order valence-electron chi connectivity index (χ0n) is 12.6. The van der Waals surface area contributed by atoms with Gasteiger partial charge in [0.2, 0.25) is 5.91 Å². The van der Waals surface area contributed by atoms with Crippen molar-refractivity contribution in [2.45, 2.75) is 19.8 Å². The Bertz CT molecular complexity index is 628. The molecule has 2 aromatic carbocycles. The molecule has 0 spiro atoms. The highest BCUT2D eigenvalue weighted by molar-refractivity contribution is 5.78. The molecule has 0 heterocycles. The molecule has 0 bridgehead atoms. The second-order valence-corrected chi connectivity index (χ2v) is 4.97. The monoisotopic (exact) mass is 301 g/mol. The lowest BCUT2D eigenvalue weighted by Gasteiger charge is -2.11. The quantitative estimate of drug-likeness (QED) is 0.798. The molecule has 4 heteroatoms. The van der Waals surface area contributed by atoms with E-state index in [0.29, 0.717) is 18.7 Å². The van der Waals surface area contributed by atoms with Crippen LogP contribution >= 0.6 is 0 Å². The number of hydrogen-bond acceptors (Lipinski definition) is 2. The zero-order chi connectivity index (χ0) is 15.8. The fourth-order valence-electron chi connectivity index (χ4n) is 2.18. The van der Waals surface area contributed by atoms with Crippen molar-refractivity contribution in [3.05, 3.63) is 65.5 Å². The molecule has 22 heavy (non-hydrogen) atoms. The first-order chi connectivity index (χ1) is 10.7. The van der Waals surface area contributed by atoms with E-state index in [0.717, 1.165) is 17.7 Å². The van der Waals surface area contributed by atoms with Gasteiger partial charge < -0.3 is 10.1 Å². The number of para-hydroxylation sites is 1. The van der Waals surface area contributed by atoms with E-state index in [4.69, 9.17) is 4.74 Å². The third-order valence-corrected chi connectivity index (χ3v) is 3.29. The average Bonchev–Trinajstić information content (AvgIpc) is 2.52. The maximum absolute atomic E-state index is 13.0. The first-order valence-electron chi connectivity index (χ1n) is 7.41. The predicted octanol–water partition coefficient (Wildman–Crippen LogP) is 3.13. The Kier molecular flexibility index (Phi) is 5.95. The molecule has 0 aliphatic rings. The van der Waals surface area contributed by atoms with Gasteiger partial charge in [0.1, 0.15) is 18.2 Å². The Balaban J connectivity index is 1.73. The smallest absolute Gasteiger partial charge is 0.224 e. The summed E-state index contributed by atoms with van der Waals surface area (Å²) in [6.45, 7) is 2.90. The van der Waals surface area contributed by atoms with Crippen LogP contribution in [0.4, 0.5) is 4.39 Å². The molecule has 0 radical (unpaired) electrons. The normalized spacial score (nSPS) is 10.3. The van der Waals surface area contributed by atoms with Crippen LogP contribution in [0.2, 0.25) is 0 Å². The van der Waals surface area contributed by atoms with Gasteiger partial charge >= 0.3 is 0 Å². The van der Waals surface area contributed by atoms with Gasteiger partial charge in [0.15, 0.2) is 0 Å². The van der Waals surface area contributed by atoms with Gasteiger partial charge in [0.25, 0.3) is 0 Å². The van der Waals surface area contributed by atoms with Crippen LogP contribution in [0.5, 0.6) is 5.75 Å². The lowest BCUT2D eigenvalue weighted by Crippen LogP contribution is -2.29. The fourth-order valence-corrected chi connectivity index (χ4v) is 2.18. The highest BCUT2D eigenvalue weighted by Crippen LogP contribution is 2.17. The van der Waals surface area contributed by atoms with Gasteiger partial charge in [0, 0.05) is 0 Å². The molecule has 0 aromatic heterocycles. The summed E-state index contributed by atoms with van der Waals surface area (Å²) in [6, 6.07) is 13.9. The van der Waals surface area contributed by atoms with Crippen molar-refractivity contribution in [3.63, 3.8) is 0 Å². The van der Waals surface area contributed by atoms with Crippen LogP contribution < -0.4 is 10.1 Å². The molecule has 0 aliphatic carbocycles. The number of hydrogen-bond donors (Lipinski definition) is 1. The number of amides is 1. The number of ether oxygens (including phenoxy) is 1. The number of rotatable bonds is 7. The van der Waals surface area contributed by atoms with Crippen LogP contribution in [0.25, 0.3) is 0 Å². The van der Waals surface area contributed by atoms with Crippen LogP contribution in [-0.2, 0) is 17.6 Å². The van der Waals surface area contributed by atoms with Crippen LogP contribution in [0.3, 0.4) is 0 Å². The summed E-state index contributed by atoms with van der Waals surface area (Å²) in [5.41, 5.74) is 1.81. The number of carbonyl (C=O) groups excluding carboxylic acids is 1. The SMILES string of the molecule is CCc1ccccc1OCCNC(=O)Cc1cccc(F)c1. The lowest BCUT2D eigenvalue weighted by molar-refractivity contribution is -0.120. The van der Waals surface area contributed by atoms with Crippen molar-refractivity contribution in [1.82, 2.24) is 5.32 Å². The van der Waals surface area contributed by atoms with Gasteiger partial charge in [-0.3, -0.25) is 4.79 Å². The molecule has 3 nitrogen and oxygen atoms in total. The van der Waals surface area contributed by atoms with Crippen molar-refractivity contribution in [2.75, 3.05) is 13.2 Å². The highest BCUT2D eigenvalue weighted by atomic mass is 19.1. The van der Waals surface area contributed by atoms with E-state index in [9.17, 15) is 9.18 Å². The molecule has 0 saturated carbocycles. The first-order valence-corrected chi connectivity index (χ1v) is 7.41. The summed E-state index contributed by atoms with van der Waals surface area (Å²) in [7, 11) is 0. The average molecular weight is 301 g/mol. The van der Waals surface area contributed by atoms with Gasteiger partial charge in [0.05, 0.1) is 13.0 Å². The summed E-state index contributed by atoms with van der Waals surface area (Å²) in [6.07, 6.45) is 1.07. The number of carbonyl (C=O) groups is 1. The Labute approximate surface area is 130 Å². The second kappa shape index (κ2) is 8.17. The Morgan fingerprint density at radius 2 is 2.00 bits per heavy atom. The van der Waals surface area contributed by atoms with E-state index < -0.39 is 0 Å². The van der Waals surface area contributed by atoms with Gasteiger partial charge in [-0.2, -0.15) is 0 Å². The molecule has 0 aliphatic heterocycles. The molecule has 2 rings (SSSR count). The minimum absolute atomic E-state index is 0.141. The van der Waals surface area contributed by atoms with E-state index in [2.05, 4.69) is 12.2 Å². The maximum Gasteiger partial charge on any atom is 0.224 e. The van der Waals surface area contributed by atoms with E-state index in [1.54, 1.807) is 12.1 Å². The minimum atomic E-state index is -0.329. The van der Waals surface area contributed by atoms with Crippen LogP contribution in [0.1, 0.15) is 18.1 Å². The van der Waals surface area contributed by atoms with Crippen molar-refractivity contribution >= 4 is 5.91 Å². The topological polar surface area (TPSA) is 38.3 Å². The van der Waals surface area contributed by atoms with Gasteiger partial charge in [-0.25, -0.2) is 4.39 Å². The van der Waals surface area contributed by atoms with E-state index in [-0.39, 0.29) is 18.1 Å². The summed E-state index contributed by atoms with van der Waals surface area (Å²) in [4.78, 5) is 11.8. The van der Waals surface area contributed by atoms with Gasteiger partial charge in [-0.1, -0.05) is 37.3 Å². The third-order valence-electron chi connectivity index (χ3n) is 3.29. The molecule has 1 amide bonds.